The van der Waals surface area contributed by atoms with E-state index in [9.17, 15) is 14.7 Å². The fourth-order valence-corrected chi connectivity index (χ4v) is 2.34. The Kier molecular flexibility index (Phi) is 3.83. The molecular formula is C16H15NO4. The van der Waals surface area contributed by atoms with Crippen LogP contribution in [0.2, 0.25) is 0 Å². The molecule has 1 heterocycles. The maximum absolute atomic E-state index is 12.5. The molecule has 1 aliphatic heterocycles. The lowest BCUT2D eigenvalue weighted by Gasteiger charge is -2.23. The van der Waals surface area contributed by atoms with Crippen molar-refractivity contribution in [2.24, 2.45) is 0 Å². The molecule has 0 spiro atoms. The van der Waals surface area contributed by atoms with Gasteiger partial charge in [0, 0.05) is 5.56 Å². The summed E-state index contributed by atoms with van der Waals surface area (Å²) in [5.41, 5.74) is -1.71. The van der Waals surface area contributed by atoms with Crippen LogP contribution in [0, 0.1) is 12.3 Å². The number of rotatable bonds is 4. The molecule has 1 aliphatic rings. The van der Waals surface area contributed by atoms with E-state index in [-0.39, 0.29) is 24.3 Å². The number of terminal acetylenes is 1. The number of para-hydroxylation sites is 1. The molecule has 21 heavy (non-hydrogen) atoms. The summed E-state index contributed by atoms with van der Waals surface area (Å²) in [6, 6.07) is 6.60. The first-order valence-electron chi connectivity index (χ1n) is 6.42. The number of anilines is 1. The monoisotopic (exact) mass is 285 g/mol. The summed E-state index contributed by atoms with van der Waals surface area (Å²) in [6.45, 7) is 5.29. The van der Waals surface area contributed by atoms with Gasteiger partial charge in [-0.05, 0) is 13.0 Å². The van der Waals surface area contributed by atoms with Crippen molar-refractivity contribution in [1.29, 1.82) is 0 Å². The maximum atomic E-state index is 12.5. The molecule has 0 saturated carbocycles. The van der Waals surface area contributed by atoms with Crippen molar-refractivity contribution in [3.05, 3.63) is 42.0 Å². The second kappa shape index (κ2) is 5.43. The summed E-state index contributed by atoms with van der Waals surface area (Å²) in [5, 5.41) is 10.8. The van der Waals surface area contributed by atoms with Crippen molar-refractivity contribution in [3.8, 4) is 12.3 Å². The van der Waals surface area contributed by atoms with Crippen LogP contribution in [-0.2, 0) is 19.9 Å². The number of amides is 1. The number of hydrogen-bond donors (Lipinski definition) is 1. The number of carbonyl (C=O) groups excluding carboxylic acids is 2. The van der Waals surface area contributed by atoms with E-state index in [2.05, 4.69) is 12.5 Å². The van der Waals surface area contributed by atoms with Crippen molar-refractivity contribution in [1.82, 2.24) is 0 Å². The van der Waals surface area contributed by atoms with Crippen molar-refractivity contribution in [2.45, 2.75) is 12.5 Å². The number of carbonyl (C=O) groups is 2. The molecule has 108 valence electrons. The first kappa shape index (κ1) is 14.8. The Bertz CT molecular complexity index is 658. The predicted octanol–water partition coefficient (Wildman–Crippen LogP) is 0.973. The summed E-state index contributed by atoms with van der Waals surface area (Å²) in [6.07, 6.45) is 5.26. The molecule has 0 fully saturated rings. The van der Waals surface area contributed by atoms with Crippen LogP contribution in [0.1, 0.15) is 12.5 Å². The van der Waals surface area contributed by atoms with Gasteiger partial charge < -0.3 is 9.84 Å². The van der Waals surface area contributed by atoms with E-state index < -0.39 is 17.5 Å². The van der Waals surface area contributed by atoms with Gasteiger partial charge in [0.25, 0.3) is 5.91 Å². The standard InChI is InChI=1S/C16H15NO4/c1-4-10-17-13-9-7-6-8-12(13)16(20,15(17)19)11(3)14(18)21-5-2/h1,6-9,20H,3,5,10H2,2H3. The summed E-state index contributed by atoms with van der Waals surface area (Å²) in [4.78, 5) is 25.6. The Morgan fingerprint density at radius 1 is 1.52 bits per heavy atom. The molecule has 0 saturated heterocycles. The SMILES string of the molecule is C#CCN1C(=O)C(O)(C(=C)C(=O)OCC)c2ccccc21. The lowest BCUT2D eigenvalue weighted by Crippen LogP contribution is -2.43. The van der Waals surface area contributed by atoms with Gasteiger partial charge in [-0.2, -0.15) is 0 Å². The second-order valence-corrected chi connectivity index (χ2v) is 4.52. The predicted molar refractivity (Wildman–Crippen MR) is 77.3 cm³/mol. The van der Waals surface area contributed by atoms with E-state index in [0.29, 0.717) is 5.69 Å². The van der Waals surface area contributed by atoms with Crippen LogP contribution in [0.25, 0.3) is 0 Å². The van der Waals surface area contributed by atoms with Gasteiger partial charge >= 0.3 is 5.97 Å². The molecule has 2 rings (SSSR count). The number of aliphatic hydroxyl groups is 1. The van der Waals surface area contributed by atoms with Crippen LogP contribution in [0.4, 0.5) is 5.69 Å². The van der Waals surface area contributed by atoms with E-state index in [1.54, 1.807) is 31.2 Å². The van der Waals surface area contributed by atoms with Crippen LogP contribution in [0.3, 0.4) is 0 Å². The fraction of sp³-hybridized carbons (Fsp3) is 0.250. The summed E-state index contributed by atoms with van der Waals surface area (Å²) in [7, 11) is 0. The molecule has 0 aliphatic carbocycles. The van der Waals surface area contributed by atoms with Gasteiger partial charge in [-0.3, -0.25) is 9.69 Å². The third-order valence-corrected chi connectivity index (χ3v) is 3.35. The second-order valence-electron chi connectivity index (χ2n) is 4.52. The van der Waals surface area contributed by atoms with Gasteiger partial charge in [-0.25, -0.2) is 4.79 Å². The van der Waals surface area contributed by atoms with Crippen molar-refractivity contribution in [3.63, 3.8) is 0 Å². The minimum absolute atomic E-state index is 0.00569. The number of nitrogens with zero attached hydrogens (tertiary/aromatic N) is 1. The first-order chi connectivity index (χ1) is 9.98. The minimum Gasteiger partial charge on any atom is -0.463 e. The minimum atomic E-state index is -2.14. The van der Waals surface area contributed by atoms with Gasteiger partial charge in [-0.1, -0.05) is 30.7 Å². The van der Waals surface area contributed by atoms with Gasteiger partial charge in [-0.15, -0.1) is 6.42 Å². The zero-order valence-corrected chi connectivity index (χ0v) is 11.6. The van der Waals surface area contributed by atoms with Crippen molar-refractivity contribution in [2.75, 3.05) is 18.1 Å². The summed E-state index contributed by atoms with van der Waals surface area (Å²) in [5.74, 6) is 0.851. The Hall–Kier alpha value is -2.58. The Morgan fingerprint density at radius 3 is 2.81 bits per heavy atom. The molecule has 5 nitrogen and oxygen atoms in total. The largest absolute Gasteiger partial charge is 0.463 e. The van der Waals surface area contributed by atoms with E-state index in [0.717, 1.165) is 0 Å². The van der Waals surface area contributed by atoms with Crippen molar-refractivity contribution >= 4 is 17.6 Å². The highest BCUT2D eigenvalue weighted by atomic mass is 16.5. The van der Waals surface area contributed by atoms with Gasteiger partial charge in [0.2, 0.25) is 5.60 Å². The zero-order valence-electron chi connectivity index (χ0n) is 11.6. The highest BCUT2D eigenvalue weighted by Crippen LogP contribution is 2.44. The van der Waals surface area contributed by atoms with E-state index in [1.165, 1.54) is 4.90 Å². The number of hydrogen-bond acceptors (Lipinski definition) is 4. The Labute approximate surface area is 122 Å². The average Bonchev–Trinajstić information content (AvgIpc) is 2.70. The van der Waals surface area contributed by atoms with Crippen LogP contribution < -0.4 is 4.90 Å². The molecule has 5 heteroatoms. The number of esters is 1. The van der Waals surface area contributed by atoms with E-state index in [1.807, 2.05) is 0 Å². The van der Waals surface area contributed by atoms with Crippen LogP contribution in [0.5, 0.6) is 0 Å². The van der Waals surface area contributed by atoms with Gasteiger partial charge in [0.15, 0.2) is 0 Å². The Balaban J connectivity index is 2.54. The molecule has 1 N–H and O–H groups in total. The molecule has 0 aromatic heterocycles. The third kappa shape index (κ3) is 2.10. The quantitative estimate of drug-likeness (QED) is 0.508. The fourth-order valence-electron chi connectivity index (χ4n) is 2.34. The smallest absolute Gasteiger partial charge is 0.337 e. The lowest BCUT2D eigenvalue weighted by atomic mass is 9.88. The number of benzene rings is 1. The highest BCUT2D eigenvalue weighted by Gasteiger charge is 2.53. The Morgan fingerprint density at radius 2 is 2.19 bits per heavy atom. The van der Waals surface area contributed by atoms with Gasteiger partial charge in [0.05, 0.1) is 24.4 Å². The topological polar surface area (TPSA) is 66.8 Å². The number of ether oxygens (including phenoxy) is 1. The van der Waals surface area contributed by atoms with Crippen LogP contribution in [0.15, 0.2) is 36.4 Å². The molecule has 1 atom stereocenters. The lowest BCUT2D eigenvalue weighted by molar-refractivity contribution is -0.145. The molecule has 1 amide bonds. The molecule has 1 aromatic rings. The van der Waals surface area contributed by atoms with Crippen molar-refractivity contribution < 1.29 is 19.4 Å². The zero-order chi connectivity index (χ0) is 15.6. The molecule has 1 unspecified atom stereocenters. The molecule has 0 bridgehead atoms. The maximum Gasteiger partial charge on any atom is 0.337 e. The molecular weight excluding hydrogens is 270 g/mol. The average molecular weight is 285 g/mol. The van der Waals surface area contributed by atoms with Gasteiger partial charge in [0.1, 0.15) is 0 Å². The van der Waals surface area contributed by atoms with Crippen LogP contribution in [-0.4, -0.2) is 30.1 Å². The summed E-state index contributed by atoms with van der Waals surface area (Å²) >= 11 is 0. The molecule has 1 aromatic carbocycles. The van der Waals surface area contributed by atoms with E-state index >= 15 is 0 Å². The van der Waals surface area contributed by atoms with Crippen LogP contribution >= 0.6 is 0 Å². The summed E-state index contributed by atoms with van der Waals surface area (Å²) < 4.78 is 4.83. The third-order valence-electron chi connectivity index (χ3n) is 3.35. The first-order valence-corrected chi connectivity index (χ1v) is 6.42. The normalized spacial score (nSPS) is 19.9. The highest BCUT2D eigenvalue weighted by molar-refractivity contribution is 6.13. The van der Waals surface area contributed by atoms with E-state index in [4.69, 9.17) is 11.2 Å². The number of fused-ring (bicyclic) bond motifs is 1. The molecule has 0 radical (unpaired) electrons.